The molecule has 0 bridgehead atoms. The third-order valence-electron chi connectivity index (χ3n) is 5.25. The van der Waals surface area contributed by atoms with Gasteiger partial charge in [0.2, 0.25) is 0 Å². The first-order valence-corrected chi connectivity index (χ1v) is 11.4. The van der Waals surface area contributed by atoms with Gasteiger partial charge in [0.25, 0.3) is 0 Å². The van der Waals surface area contributed by atoms with Crippen molar-refractivity contribution in [3.63, 3.8) is 0 Å². The van der Waals surface area contributed by atoms with E-state index in [2.05, 4.69) is 4.98 Å². The molecule has 1 amide bonds. The predicted octanol–water partition coefficient (Wildman–Crippen LogP) is 5.75. The number of piperidine rings is 1. The molecule has 1 aliphatic heterocycles. The van der Waals surface area contributed by atoms with Crippen LogP contribution in [-0.4, -0.2) is 35.7 Å². The van der Waals surface area contributed by atoms with Crippen molar-refractivity contribution in [3.8, 4) is 17.2 Å². The van der Waals surface area contributed by atoms with Crippen molar-refractivity contribution in [1.29, 1.82) is 0 Å². The highest BCUT2D eigenvalue weighted by Gasteiger charge is 2.24. The molecular formula is C24H26N2O4S. The van der Waals surface area contributed by atoms with Crippen molar-refractivity contribution >= 4 is 17.4 Å². The van der Waals surface area contributed by atoms with E-state index in [4.69, 9.17) is 14.2 Å². The van der Waals surface area contributed by atoms with Crippen LogP contribution in [-0.2, 0) is 11.3 Å². The summed E-state index contributed by atoms with van der Waals surface area (Å²) in [6.07, 6.45) is 4.36. The molecule has 0 saturated carbocycles. The summed E-state index contributed by atoms with van der Waals surface area (Å²) in [5, 5.41) is 2.70. The summed E-state index contributed by atoms with van der Waals surface area (Å²) in [4.78, 5) is 18.1. The van der Waals surface area contributed by atoms with Gasteiger partial charge in [0.1, 0.15) is 28.9 Å². The molecule has 2 heterocycles. The number of aromatic nitrogens is 1. The summed E-state index contributed by atoms with van der Waals surface area (Å²) in [6, 6.07) is 17.4. The van der Waals surface area contributed by atoms with Gasteiger partial charge in [0.15, 0.2) is 0 Å². The maximum Gasteiger partial charge on any atom is 0.410 e. The number of hydrogen-bond donors (Lipinski definition) is 0. The molecule has 1 aliphatic rings. The number of carbonyl (C=O) groups is 1. The van der Waals surface area contributed by atoms with Crippen molar-refractivity contribution in [2.24, 2.45) is 5.92 Å². The van der Waals surface area contributed by atoms with Gasteiger partial charge >= 0.3 is 6.09 Å². The fourth-order valence-corrected chi connectivity index (χ4v) is 4.07. The summed E-state index contributed by atoms with van der Waals surface area (Å²) in [7, 11) is 0. The Morgan fingerprint density at radius 3 is 2.58 bits per heavy atom. The lowest BCUT2D eigenvalue weighted by Gasteiger charge is -2.31. The average molecular weight is 439 g/mol. The molecule has 0 aliphatic carbocycles. The quantitative estimate of drug-likeness (QED) is 0.448. The highest BCUT2D eigenvalue weighted by Crippen LogP contribution is 2.26. The lowest BCUT2D eigenvalue weighted by Crippen LogP contribution is -2.39. The van der Waals surface area contributed by atoms with Crippen LogP contribution in [0.25, 0.3) is 0 Å². The number of rotatable bonds is 8. The molecule has 0 spiro atoms. The van der Waals surface area contributed by atoms with Gasteiger partial charge in [-0.1, -0.05) is 24.3 Å². The molecule has 31 heavy (non-hydrogen) atoms. The Kier molecular flexibility index (Phi) is 7.39. The summed E-state index contributed by atoms with van der Waals surface area (Å²) < 4.78 is 17.2. The number of para-hydroxylation sites is 1. The summed E-state index contributed by atoms with van der Waals surface area (Å²) in [5.74, 6) is 2.91. The minimum absolute atomic E-state index is 0.247. The maximum absolute atomic E-state index is 12.2. The number of hydrogen-bond acceptors (Lipinski definition) is 6. The highest BCUT2D eigenvalue weighted by molar-refractivity contribution is 7.09. The van der Waals surface area contributed by atoms with Crippen molar-refractivity contribution in [3.05, 3.63) is 71.2 Å². The Bertz CT molecular complexity index is 941. The second-order valence-corrected chi connectivity index (χ2v) is 8.42. The molecule has 6 nitrogen and oxygen atoms in total. The van der Waals surface area contributed by atoms with E-state index in [0.29, 0.717) is 12.5 Å². The lowest BCUT2D eigenvalue weighted by atomic mass is 9.94. The van der Waals surface area contributed by atoms with Gasteiger partial charge in [-0.25, -0.2) is 9.78 Å². The maximum atomic E-state index is 12.2. The molecule has 162 valence electrons. The second-order valence-electron chi connectivity index (χ2n) is 7.44. The average Bonchev–Trinajstić information content (AvgIpc) is 3.33. The molecule has 1 saturated heterocycles. The number of likely N-dealkylation sites (tertiary alicyclic amines) is 1. The zero-order valence-corrected chi connectivity index (χ0v) is 18.1. The van der Waals surface area contributed by atoms with E-state index in [9.17, 15) is 4.79 Å². The number of amides is 1. The van der Waals surface area contributed by atoms with E-state index in [-0.39, 0.29) is 12.7 Å². The molecule has 0 unspecified atom stereocenters. The largest absolute Gasteiger partial charge is 0.493 e. The molecule has 3 aromatic rings. The van der Waals surface area contributed by atoms with Gasteiger partial charge in [-0.2, -0.15) is 0 Å². The number of thiazole rings is 1. The molecule has 4 rings (SSSR count). The van der Waals surface area contributed by atoms with Crippen LogP contribution >= 0.6 is 11.3 Å². The van der Waals surface area contributed by atoms with Crippen LogP contribution in [0.3, 0.4) is 0 Å². The Hall–Kier alpha value is -3.06. The third kappa shape index (κ3) is 6.46. The van der Waals surface area contributed by atoms with Gasteiger partial charge in [0.05, 0.1) is 6.61 Å². The smallest absolute Gasteiger partial charge is 0.410 e. The Morgan fingerprint density at radius 1 is 1.03 bits per heavy atom. The summed E-state index contributed by atoms with van der Waals surface area (Å²) in [5.41, 5.74) is 0. The minimum atomic E-state index is -0.250. The van der Waals surface area contributed by atoms with E-state index >= 15 is 0 Å². The zero-order chi connectivity index (χ0) is 21.3. The van der Waals surface area contributed by atoms with Crippen LogP contribution in [0, 0.1) is 5.92 Å². The standard InChI is InChI=1S/C24H26N2O4S/c27-24(29-18-23-25-12-16-31-23)26-13-9-19(10-14-26)11-15-28-21-7-4-8-22(17-21)30-20-5-2-1-3-6-20/h1-8,12,16-17,19H,9-11,13-15,18H2. The Balaban J connectivity index is 1.16. The van der Waals surface area contributed by atoms with Crippen LogP contribution in [0.2, 0.25) is 0 Å². The molecule has 1 aromatic heterocycles. The third-order valence-corrected chi connectivity index (χ3v) is 6.01. The number of carbonyl (C=O) groups excluding carboxylic acids is 1. The second kappa shape index (κ2) is 10.8. The van der Waals surface area contributed by atoms with Crippen molar-refractivity contribution < 1.29 is 19.0 Å². The Labute approximate surface area is 186 Å². The van der Waals surface area contributed by atoms with Crippen LogP contribution in [0.15, 0.2) is 66.2 Å². The number of benzene rings is 2. The van der Waals surface area contributed by atoms with Gasteiger partial charge in [-0.3, -0.25) is 0 Å². The van der Waals surface area contributed by atoms with Gasteiger partial charge < -0.3 is 19.1 Å². The molecule has 2 aromatic carbocycles. The SMILES string of the molecule is O=C(OCc1nccs1)N1CCC(CCOc2cccc(Oc3ccccc3)c2)CC1. The fraction of sp³-hybridized carbons (Fsp3) is 0.333. The van der Waals surface area contributed by atoms with Crippen molar-refractivity contribution in [1.82, 2.24) is 9.88 Å². The summed E-state index contributed by atoms with van der Waals surface area (Å²) >= 11 is 1.49. The number of ether oxygens (including phenoxy) is 3. The fourth-order valence-electron chi connectivity index (χ4n) is 3.54. The normalized spacial score (nSPS) is 14.3. The van der Waals surface area contributed by atoms with E-state index in [1.54, 1.807) is 11.1 Å². The molecule has 7 heteroatoms. The molecule has 0 atom stereocenters. The predicted molar refractivity (Wildman–Crippen MR) is 120 cm³/mol. The first-order valence-electron chi connectivity index (χ1n) is 10.5. The summed E-state index contributed by atoms with van der Waals surface area (Å²) in [6.45, 7) is 2.34. The zero-order valence-electron chi connectivity index (χ0n) is 17.3. The van der Waals surface area contributed by atoms with Gasteiger partial charge in [0, 0.05) is 30.7 Å². The lowest BCUT2D eigenvalue weighted by molar-refractivity contribution is 0.0799. The highest BCUT2D eigenvalue weighted by atomic mass is 32.1. The van der Waals surface area contributed by atoms with Crippen LogP contribution in [0.1, 0.15) is 24.3 Å². The topological polar surface area (TPSA) is 60.9 Å². The number of nitrogens with zero attached hydrogens (tertiary/aromatic N) is 2. The van der Waals surface area contributed by atoms with E-state index in [1.165, 1.54) is 11.3 Å². The monoisotopic (exact) mass is 438 g/mol. The molecular weight excluding hydrogens is 412 g/mol. The van der Waals surface area contributed by atoms with Crippen LogP contribution in [0.4, 0.5) is 4.79 Å². The first-order chi connectivity index (χ1) is 15.3. The van der Waals surface area contributed by atoms with Gasteiger partial charge in [-0.05, 0) is 49.4 Å². The molecule has 1 fully saturated rings. The Morgan fingerprint density at radius 2 is 1.81 bits per heavy atom. The minimum Gasteiger partial charge on any atom is -0.493 e. The van der Waals surface area contributed by atoms with Crippen LogP contribution in [0.5, 0.6) is 17.2 Å². The van der Waals surface area contributed by atoms with Crippen molar-refractivity contribution in [2.45, 2.75) is 25.9 Å². The van der Waals surface area contributed by atoms with E-state index in [0.717, 1.165) is 54.6 Å². The van der Waals surface area contributed by atoms with Gasteiger partial charge in [-0.15, -0.1) is 11.3 Å². The molecule has 0 radical (unpaired) electrons. The molecule has 0 N–H and O–H groups in total. The van der Waals surface area contributed by atoms with E-state index < -0.39 is 0 Å². The van der Waals surface area contributed by atoms with Crippen molar-refractivity contribution in [2.75, 3.05) is 19.7 Å². The van der Waals surface area contributed by atoms with E-state index in [1.807, 2.05) is 60.0 Å². The van der Waals surface area contributed by atoms with Crippen LogP contribution < -0.4 is 9.47 Å². The first kappa shape index (κ1) is 21.2.